The Kier molecular flexibility index (Phi) is 6.58. The van der Waals surface area contributed by atoms with Gasteiger partial charge < -0.3 is 9.64 Å². The second-order valence-corrected chi connectivity index (χ2v) is 12.7. The number of hydrogen-bond acceptors (Lipinski definition) is 7. The van der Waals surface area contributed by atoms with Crippen LogP contribution in [0.15, 0.2) is 88.6 Å². The molecule has 0 saturated carbocycles. The fourth-order valence-electron chi connectivity index (χ4n) is 4.81. The largest absolute Gasteiger partial charge is 0.378 e. The Hall–Kier alpha value is -3.79. The number of ether oxygens (including phenoxy) is 1. The maximum atomic E-state index is 13.8. The molecular formula is C30H27N3O4S2. The molecule has 0 spiro atoms. The van der Waals surface area contributed by atoms with Crippen molar-refractivity contribution in [3.8, 4) is 27.5 Å². The Morgan fingerprint density at radius 2 is 1.62 bits per heavy atom. The molecule has 198 valence electrons. The molecule has 0 radical (unpaired) electrons. The summed E-state index contributed by atoms with van der Waals surface area (Å²) in [6.07, 6.45) is 1.21. The lowest BCUT2D eigenvalue weighted by molar-refractivity contribution is 0.123. The van der Waals surface area contributed by atoms with Crippen LogP contribution >= 0.6 is 11.3 Å². The van der Waals surface area contributed by atoms with Crippen molar-refractivity contribution in [3.63, 3.8) is 0 Å². The van der Waals surface area contributed by atoms with Gasteiger partial charge in [-0.05, 0) is 55.0 Å². The van der Waals surface area contributed by atoms with Crippen LogP contribution in [0.1, 0.15) is 5.56 Å². The molecule has 0 amide bonds. The molecule has 0 bridgehead atoms. The third-order valence-corrected chi connectivity index (χ3v) is 9.21. The molecule has 1 aliphatic rings. The molecule has 1 saturated heterocycles. The molecule has 9 heteroatoms. The predicted molar refractivity (Wildman–Crippen MR) is 157 cm³/mol. The van der Waals surface area contributed by atoms with Gasteiger partial charge in [0, 0.05) is 24.9 Å². The first-order chi connectivity index (χ1) is 18.8. The third-order valence-electron chi connectivity index (χ3n) is 6.89. The zero-order chi connectivity index (χ0) is 27.1. The minimum Gasteiger partial charge on any atom is -0.378 e. The molecule has 0 atom stereocenters. The zero-order valence-electron chi connectivity index (χ0n) is 21.6. The number of anilines is 1. The van der Waals surface area contributed by atoms with Crippen LogP contribution in [0.4, 0.5) is 5.00 Å². The molecule has 1 aliphatic heterocycles. The number of hydrogen-bond donors (Lipinski definition) is 0. The van der Waals surface area contributed by atoms with Gasteiger partial charge in [0.2, 0.25) is 0 Å². The van der Waals surface area contributed by atoms with Gasteiger partial charge in [0.15, 0.2) is 15.7 Å². The van der Waals surface area contributed by atoms with Crippen molar-refractivity contribution in [2.45, 2.75) is 11.8 Å². The molecule has 7 nitrogen and oxygen atoms in total. The molecule has 0 unspecified atom stereocenters. The van der Waals surface area contributed by atoms with Gasteiger partial charge in [-0.15, -0.1) is 11.3 Å². The van der Waals surface area contributed by atoms with E-state index in [1.807, 2.05) is 67.6 Å². The van der Waals surface area contributed by atoms with E-state index in [-0.39, 0.29) is 10.5 Å². The number of sulfone groups is 1. The highest BCUT2D eigenvalue weighted by Crippen LogP contribution is 2.43. The number of fused-ring (bicyclic) bond motifs is 1. The first-order valence-corrected chi connectivity index (χ1v) is 15.4. The van der Waals surface area contributed by atoms with Crippen molar-refractivity contribution in [1.82, 2.24) is 9.55 Å². The number of thiophene rings is 1. The molecule has 3 heterocycles. The minimum atomic E-state index is -3.31. The van der Waals surface area contributed by atoms with Gasteiger partial charge in [0.25, 0.3) is 5.56 Å². The van der Waals surface area contributed by atoms with Crippen LogP contribution in [0.3, 0.4) is 0 Å². The molecule has 0 aliphatic carbocycles. The lowest BCUT2D eigenvalue weighted by Crippen LogP contribution is -2.35. The van der Waals surface area contributed by atoms with E-state index in [1.165, 1.54) is 6.26 Å². The normalized spacial score (nSPS) is 14.2. The van der Waals surface area contributed by atoms with Gasteiger partial charge in [0.1, 0.15) is 0 Å². The smallest absolute Gasteiger partial charge is 0.266 e. The summed E-state index contributed by atoms with van der Waals surface area (Å²) in [7, 11) is -3.31. The Bertz CT molecular complexity index is 1830. The van der Waals surface area contributed by atoms with Crippen LogP contribution in [0.2, 0.25) is 0 Å². The predicted octanol–water partition coefficient (Wildman–Crippen LogP) is 5.33. The average molecular weight is 558 g/mol. The Morgan fingerprint density at radius 3 is 2.31 bits per heavy atom. The Balaban J connectivity index is 1.59. The summed E-state index contributed by atoms with van der Waals surface area (Å²) in [5, 5.41) is 1.60. The number of rotatable bonds is 5. The summed E-state index contributed by atoms with van der Waals surface area (Å²) >= 11 is 1.58. The quantitative estimate of drug-likeness (QED) is 0.291. The second kappa shape index (κ2) is 10.1. The summed E-state index contributed by atoms with van der Waals surface area (Å²) in [5.41, 5.74) is 4.24. The van der Waals surface area contributed by atoms with Crippen molar-refractivity contribution in [2.24, 2.45) is 0 Å². The number of morpholine rings is 1. The van der Waals surface area contributed by atoms with Gasteiger partial charge in [-0.1, -0.05) is 42.0 Å². The van der Waals surface area contributed by atoms with E-state index in [1.54, 1.807) is 28.0 Å². The van der Waals surface area contributed by atoms with Crippen molar-refractivity contribution < 1.29 is 13.2 Å². The molecule has 5 aromatic rings. The van der Waals surface area contributed by atoms with Crippen molar-refractivity contribution in [1.29, 1.82) is 0 Å². The fourth-order valence-corrected chi connectivity index (χ4v) is 6.66. The summed E-state index contributed by atoms with van der Waals surface area (Å²) < 4.78 is 31.4. The van der Waals surface area contributed by atoms with Gasteiger partial charge in [-0.2, -0.15) is 0 Å². The standard InChI is InChI=1S/C30H27N3O4S2/c1-20-7-11-22(12-8-20)33-28(31-26-6-4-3-5-24(26)29(33)34)27-19-25(30(38-27)32-15-17-37-18-16-32)21-9-13-23(14-10-21)39(2,35)36/h3-14,19H,15-18H2,1-2H3. The number of aryl methyl sites for hydroxylation is 1. The van der Waals surface area contributed by atoms with Crippen molar-refractivity contribution >= 4 is 37.1 Å². The lowest BCUT2D eigenvalue weighted by atomic mass is 10.1. The third kappa shape index (κ3) is 4.89. The van der Waals surface area contributed by atoms with Gasteiger partial charge in [-0.3, -0.25) is 9.36 Å². The van der Waals surface area contributed by atoms with Gasteiger partial charge >= 0.3 is 0 Å². The molecule has 6 rings (SSSR count). The molecule has 1 fully saturated rings. The maximum absolute atomic E-state index is 13.8. The van der Waals surface area contributed by atoms with Crippen LogP contribution in [0.5, 0.6) is 0 Å². The molecule has 0 N–H and O–H groups in total. The maximum Gasteiger partial charge on any atom is 0.266 e. The zero-order valence-corrected chi connectivity index (χ0v) is 23.3. The number of para-hydroxylation sites is 1. The highest BCUT2D eigenvalue weighted by molar-refractivity contribution is 7.90. The fraction of sp³-hybridized carbons (Fsp3) is 0.200. The van der Waals surface area contributed by atoms with Crippen LogP contribution < -0.4 is 10.5 Å². The molecule has 3 aromatic carbocycles. The van der Waals surface area contributed by atoms with Crippen molar-refractivity contribution in [3.05, 3.63) is 94.8 Å². The van der Waals surface area contributed by atoms with E-state index in [4.69, 9.17) is 9.72 Å². The molecular weight excluding hydrogens is 530 g/mol. The van der Waals surface area contributed by atoms with E-state index in [0.29, 0.717) is 29.9 Å². The monoisotopic (exact) mass is 557 g/mol. The average Bonchev–Trinajstić information content (AvgIpc) is 3.39. The highest BCUT2D eigenvalue weighted by Gasteiger charge is 2.23. The Labute approximate surface area is 230 Å². The number of aromatic nitrogens is 2. The SMILES string of the molecule is Cc1ccc(-n2c(-c3cc(-c4ccc(S(C)(=O)=O)cc4)c(N4CCOCC4)s3)nc3ccccc3c2=O)cc1. The highest BCUT2D eigenvalue weighted by atomic mass is 32.2. The van der Waals surface area contributed by atoms with E-state index in [0.717, 1.165) is 45.3 Å². The van der Waals surface area contributed by atoms with Gasteiger partial charge in [0.05, 0.1) is 44.6 Å². The molecule has 2 aromatic heterocycles. The van der Waals surface area contributed by atoms with E-state index >= 15 is 0 Å². The van der Waals surface area contributed by atoms with E-state index in [9.17, 15) is 13.2 Å². The summed E-state index contributed by atoms with van der Waals surface area (Å²) in [6, 6.07) is 24.3. The van der Waals surface area contributed by atoms with E-state index < -0.39 is 9.84 Å². The van der Waals surface area contributed by atoms with Crippen molar-refractivity contribution in [2.75, 3.05) is 37.5 Å². The Morgan fingerprint density at radius 1 is 0.923 bits per heavy atom. The van der Waals surface area contributed by atoms with Crippen LogP contribution in [-0.2, 0) is 14.6 Å². The first kappa shape index (κ1) is 25.5. The minimum absolute atomic E-state index is 0.125. The lowest BCUT2D eigenvalue weighted by Gasteiger charge is -2.28. The van der Waals surface area contributed by atoms with Crippen LogP contribution in [-0.4, -0.2) is 50.5 Å². The number of nitrogens with zero attached hydrogens (tertiary/aromatic N) is 3. The van der Waals surface area contributed by atoms with Crippen LogP contribution in [0.25, 0.3) is 38.4 Å². The summed E-state index contributed by atoms with van der Waals surface area (Å²) in [5.74, 6) is 0.570. The molecule has 39 heavy (non-hydrogen) atoms. The second-order valence-electron chi connectivity index (χ2n) is 9.65. The number of benzene rings is 3. The summed E-state index contributed by atoms with van der Waals surface area (Å²) in [6.45, 7) is 4.75. The first-order valence-electron chi connectivity index (χ1n) is 12.7. The van der Waals surface area contributed by atoms with E-state index in [2.05, 4.69) is 11.0 Å². The van der Waals surface area contributed by atoms with Gasteiger partial charge in [-0.25, -0.2) is 13.4 Å². The summed E-state index contributed by atoms with van der Waals surface area (Å²) in [4.78, 5) is 22.3. The van der Waals surface area contributed by atoms with Crippen LogP contribution in [0, 0.1) is 6.92 Å². The topological polar surface area (TPSA) is 81.5 Å².